The smallest absolute Gasteiger partial charge is 0.225 e. The third-order valence-corrected chi connectivity index (χ3v) is 4.34. The van der Waals surface area contributed by atoms with Gasteiger partial charge in [-0.25, -0.2) is 4.98 Å². The maximum Gasteiger partial charge on any atom is 0.225 e. The minimum atomic E-state index is 0.556. The zero-order valence-electron chi connectivity index (χ0n) is 15.8. The molecular formula is C20H22Cl2N6. The van der Waals surface area contributed by atoms with Crippen molar-refractivity contribution in [1.82, 2.24) is 19.9 Å². The quantitative estimate of drug-likeness (QED) is 0.506. The molecule has 2 N–H and O–H groups in total. The van der Waals surface area contributed by atoms with E-state index in [-0.39, 0.29) is 0 Å². The first kappa shape index (κ1) is 20.3. The Hall–Kier alpha value is -2.41. The van der Waals surface area contributed by atoms with Gasteiger partial charge in [-0.3, -0.25) is 4.98 Å². The average Bonchev–Trinajstić information content (AvgIpc) is 2.65. The van der Waals surface area contributed by atoms with Crippen molar-refractivity contribution in [2.24, 2.45) is 0 Å². The highest BCUT2D eigenvalue weighted by Crippen LogP contribution is 2.27. The number of rotatable bonds is 8. The highest BCUT2D eigenvalue weighted by atomic mass is 35.5. The van der Waals surface area contributed by atoms with E-state index in [1.165, 1.54) is 0 Å². The third-order valence-electron chi connectivity index (χ3n) is 3.90. The minimum Gasteiger partial charge on any atom is -0.354 e. The lowest BCUT2D eigenvalue weighted by atomic mass is 10.2. The van der Waals surface area contributed by atoms with Crippen molar-refractivity contribution >= 4 is 40.7 Å². The SMILES string of the molecule is CN(C)CCCNc1nc(Nc2cc(Cl)cc(Cl)c2)cc(-c2ccncc2)n1. The molecule has 0 aliphatic rings. The number of nitrogens with zero attached hydrogens (tertiary/aromatic N) is 4. The standard InChI is InChI=1S/C20H22Cl2N6/c1-28(2)9-3-6-24-20-26-18(14-4-7-23-8-5-14)13-19(27-20)25-17-11-15(21)10-16(22)12-17/h4-5,7-8,10-13H,3,6,9H2,1-2H3,(H2,24,25,26,27). The van der Waals surface area contributed by atoms with Crippen LogP contribution in [0.5, 0.6) is 0 Å². The molecule has 146 valence electrons. The van der Waals surface area contributed by atoms with Crippen LogP contribution in [0.2, 0.25) is 10.0 Å². The summed E-state index contributed by atoms with van der Waals surface area (Å²) in [4.78, 5) is 15.4. The number of benzene rings is 1. The maximum absolute atomic E-state index is 6.10. The molecular weight excluding hydrogens is 395 g/mol. The van der Waals surface area contributed by atoms with Crippen LogP contribution in [0.15, 0.2) is 48.8 Å². The van der Waals surface area contributed by atoms with Crippen LogP contribution in [-0.2, 0) is 0 Å². The molecule has 1 aromatic carbocycles. The van der Waals surface area contributed by atoms with E-state index >= 15 is 0 Å². The molecule has 0 aliphatic heterocycles. The molecule has 0 radical (unpaired) electrons. The fourth-order valence-corrected chi connectivity index (χ4v) is 3.16. The predicted octanol–water partition coefficient (Wildman–Crippen LogP) is 4.95. The molecule has 2 aromatic heterocycles. The molecule has 3 aromatic rings. The molecule has 0 unspecified atom stereocenters. The first-order valence-electron chi connectivity index (χ1n) is 8.91. The minimum absolute atomic E-state index is 0.556. The Kier molecular flexibility index (Phi) is 7.03. The Morgan fingerprint density at radius 3 is 2.36 bits per heavy atom. The number of hydrogen-bond acceptors (Lipinski definition) is 6. The lowest BCUT2D eigenvalue weighted by Gasteiger charge is -2.13. The van der Waals surface area contributed by atoms with Crippen LogP contribution in [0.1, 0.15) is 6.42 Å². The summed E-state index contributed by atoms with van der Waals surface area (Å²) in [5.41, 5.74) is 2.51. The van der Waals surface area contributed by atoms with E-state index in [4.69, 9.17) is 23.2 Å². The van der Waals surface area contributed by atoms with Crippen molar-refractivity contribution in [2.75, 3.05) is 37.8 Å². The second kappa shape index (κ2) is 9.68. The van der Waals surface area contributed by atoms with E-state index in [2.05, 4.69) is 44.6 Å². The molecule has 28 heavy (non-hydrogen) atoms. The van der Waals surface area contributed by atoms with Gasteiger partial charge in [0.15, 0.2) is 0 Å². The van der Waals surface area contributed by atoms with Gasteiger partial charge in [0, 0.05) is 46.3 Å². The van der Waals surface area contributed by atoms with Crippen LogP contribution in [0.4, 0.5) is 17.5 Å². The van der Waals surface area contributed by atoms with Crippen LogP contribution < -0.4 is 10.6 Å². The number of halogens is 2. The first-order valence-corrected chi connectivity index (χ1v) is 9.66. The molecule has 0 saturated carbocycles. The predicted molar refractivity (Wildman–Crippen MR) is 117 cm³/mol. The first-order chi connectivity index (χ1) is 13.5. The van der Waals surface area contributed by atoms with Crippen molar-refractivity contribution in [2.45, 2.75) is 6.42 Å². The molecule has 3 rings (SSSR count). The van der Waals surface area contributed by atoms with Crippen LogP contribution in [-0.4, -0.2) is 47.0 Å². The molecule has 0 spiro atoms. The van der Waals surface area contributed by atoms with Gasteiger partial charge in [-0.15, -0.1) is 0 Å². The van der Waals surface area contributed by atoms with E-state index < -0.39 is 0 Å². The molecule has 0 saturated heterocycles. The van der Waals surface area contributed by atoms with E-state index in [9.17, 15) is 0 Å². The number of hydrogen-bond donors (Lipinski definition) is 2. The summed E-state index contributed by atoms with van der Waals surface area (Å²) < 4.78 is 0. The highest BCUT2D eigenvalue weighted by Gasteiger charge is 2.08. The van der Waals surface area contributed by atoms with Gasteiger partial charge < -0.3 is 15.5 Å². The summed E-state index contributed by atoms with van der Waals surface area (Å²) in [6, 6.07) is 11.0. The second-order valence-electron chi connectivity index (χ2n) is 6.56. The number of nitrogens with one attached hydrogen (secondary N) is 2. The van der Waals surface area contributed by atoms with Gasteiger partial charge in [0.1, 0.15) is 5.82 Å². The van der Waals surface area contributed by atoms with Gasteiger partial charge in [-0.2, -0.15) is 4.98 Å². The van der Waals surface area contributed by atoms with Gasteiger partial charge in [-0.05, 0) is 57.4 Å². The average molecular weight is 417 g/mol. The summed E-state index contributed by atoms with van der Waals surface area (Å²) >= 11 is 12.2. The van der Waals surface area contributed by atoms with E-state index in [1.54, 1.807) is 30.6 Å². The topological polar surface area (TPSA) is 66.0 Å². The van der Waals surface area contributed by atoms with Crippen LogP contribution >= 0.6 is 23.2 Å². The molecule has 0 atom stereocenters. The van der Waals surface area contributed by atoms with Gasteiger partial charge in [-0.1, -0.05) is 23.2 Å². The van der Waals surface area contributed by atoms with Crippen LogP contribution in [0.3, 0.4) is 0 Å². The summed E-state index contributed by atoms with van der Waals surface area (Å²) in [6.45, 7) is 1.77. The molecule has 0 aliphatic carbocycles. The monoisotopic (exact) mass is 416 g/mol. The second-order valence-corrected chi connectivity index (χ2v) is 7.44. The number of aromatic nitrogens is 3. The molecule has 0 bridgehead atoms. The highest BCUT2D eigenvalue weighted by molar-refractivity contribution is 6.35. The molecule has 0 fully saturated rings. The van der Waals surface area contributed by atoms with Gasteiger partial charge in [0.2, 0.25) is 5.95 Å². The van der Waals surface area contributed by atoms with Crippen molar-refractivity contribution in [3.63, 3.8) is 0 Å². The zero-order valence-corrected chi connectivity index (χ0v) is 17.3. The third kappa shape index (κ3) is 6.05. The molecule has 6 nitrogen and oxygen atoms in total. The normalized spacial score (nSPS) is 10.9. The van der Waals surface area contributed by atoms with E-state index in [0.29, 0.717) is 21.8 Å². The van der Waals surface area contributed by atoms with Gasteiger partial charge in [0.25, 0.3) is 0 Å². The fraction of sp³-hybridized carbons (Fsp3) is 0.250. The summed E-state index contributed by atoms with van der Waals surface area (Å²) in [5.74, 6) is 1.21. The number of pyridine rings is 1. The number of anilines is 3. The van der Waals surface area contributed by atoms with E-state index in [1.807, 2.05) is 18.2 Å². The summed E-state index contributed by atoms with van der Waals surface area (Å²) in [7, 11) is 4.11. The van der Waals surface area contributed by atoms with Crippen molar-refractivity contribution in [1.29, 1.82) is 0 Å². The van der Waals surface area contributed by atoms with E-state index in [0.717, 1.165) is 36.5 Å². The fourth-order valence-electron chi connectivity index (χ4n) is 2.63. The molecule has 8 heteroatoms. The Bertz CT molecular complexity index is 898. The van der Waals surface area contributed by atoms with Gasteiger partial charge >= 0.3 is 0 Å². The Balaban J connectivity index is 1.86. The Labute approximate surface area is 174 Å². The Morgan fingerprint density at radius 2 is 1.68 bits per heavy atom. The molecule has 0 amide bonds. The Morgan fingerprint density at radius 1 is 0.964 bits per heavy atom. The lowest BCUT2D eigenvalue weighted by molar-refractivity contribution is 0.405. The maximum atomic E-state index is 6.10. The van der Waals surface area contributed by atoms with Crippen LogP contribution in [0, 0.1) is 0 Å². The van der Waals surface area contributed by atoms with Gasteiger partial charge in [0.05, 0.1) is 5.69 Å². The summed E-state index contributed by atoms with van der Waals surface area (Å²) in [6.07, 6.45) is 4.47. The van der Waals surface area contributed by atoms with Crippen molar-refractivity contribution < 1.29 is 0 Å². The zero-order chi connectivity index (χ0) is 19.9. The van der Waals surface area contributed by atoms with Crippen LogP contribution in [0.25, 0.3) is 11.3 Å². The van der Waals surface area contributed by atoms with Crippen molar-refractivity contribution in [3.8, 4) is 11.3 Å². The largest absolute Gasteiger partial charge is 0.354 e. The van der Waals surface area contributed by atoms with Crippen molar-refractivity contribution in [3.05, 3.63) is 58.8 Å². The lowest BCUT2D eigenvalue weighted by Crippen LogP contribution is -2.17. The molecule has 2 heterocycles. The summed E-state index contributed by atoms with van der Waals surface area (Å²) in [5, 5.41) is 7.68.